The van der Waals surface area contributed by atoms with Crippen molar-refractivity contribution >= 4 is 11.9 Å². The number of aryl methyl sites for hydroxylation is 2. The average molecular weight is 272 g/mol. The Morgan fingerprint density at radius 2 is 1.50 bits per heavy atom. The molecule has 2 aromatic carbocycles. The van der Waals surface area contributed by atoms with Gasteiger partial charge in [-0.3, -0.25) is 0 Å². The second kappa shape index (κ2) is 7.09. The van der Waals surface area contributed by atoms with Crippen LogP contribution in [0.25, 0.3) is 0 Å². The highest BCUT2D eigenvalue weighted by Gasteiger charge is 2.03. The number of benzene rings is 2. The zero-order chi connectivity index (χ0) is 15.1. The van der Waals surface area contributed by atoms with Crippen molar-refractivity contribution < 1.29 is 19.8 Å². The zero-order valence-corrected chi connectivity index (χ0v) is 11.3. The fourth-order valence-electron chi connectivity index (χ4n) is 1.59. The van der Waals surface area contributed by atoms with E-state index in [0.717, 1.165) is 11.1 Å². The van der Waals surface area contributed by atoms with Crippen LogP contribution in [0.3, 0.4) is 0 Å². The van der Waals surface area contributed by atoms with Crippen molar-refractivity contribution in [2.45, 2.75) is 13.8 Å². The summed E-state index contributed by atoms with van der Waals surface area (Å²) < 4.78 is 0. The summed E-state index contributed by atoms with van der Waals surface area (Å²) in [5.74, 6) is -1.73. The lowest BCUT2D eigenvalue weighted by atomic mass is 10.1. The second-order valence-electron chi connectivity index (χ2n) is 4.29. The first-order valence-corrected chi connectivity index (χ1v) is 6.00. The molecule has 2 rings (SSSR count). The Kier molecular flexibility index (Phi) is 5.47. The van der Waals surface area contributed by atoms with E-state index in [9.17, 15) is 9.59 Å². The van der Waals surface area contributed by atoms with Crippen LogP contribution in [0.4, 0.5) is 0 Å². The lowest BCUT2D eigenvalue weighted by Gasteiger charge is -1.96. The molecule has 0 unspecified atom stereocenters. The third kappa shape index (κ3) is 4.57. The fraction of sp³-hybridized carbons (Fsp3) is 0.125. The monoisotopic (exact) mass is 272 g/mol. The van der Waals surface area contributed by atoms with Gasteiger partial charge in [0.2, 0.25) is 0 Å². The van der Waals surface area contributed by atoms with Gasteiger partial charge in [-0.2, -0.15) is 0 Å². The minimum Gasteiger partial charge on any atom is -0.478 e. The molecule has 0 saturated carbocycles. The Morgan fingerprint density at radius 1 is 0.850 bits per heavy atom. The number of carboxylic acids is 2. The zero-order valence-electron chi connectivity index (χ0n) is 11.3. The van der Waals surface area contributed by atoms with Gasteiger partial charge in [-0.15, -0.1) is 0 Å². The number of aromatic carboxylic acids is 2. The summed E-state index contributed by atoms with van der Waals surface area (Å²) in [6.45, 7) is 3.65. The van der Waals surface area contributed by atoms with Crippen molar-refractivity contribution in [3.8, 4) is 0 Å². The van der Waals surface area contributed by atoms with E-state index in [1.165, 1.54) is 0 Å². The number of hydrogen-bond donors (Lipinski definition) is 2. The molecule has 0 aromatic heterocycles. The molecule has 4 nitrogen and oxygen atoms in total. The van der Waals surface area contributed by atoms with Gasteiger partial charge in [-0.25, -0.2) is 9.59 Å². The van der Waals surface area contributed by atoms with Crippen LogP contribution in [0, 0.1) is 13.8 Å². The molecule has 104 valence electrons. The van der Waals surface area contributed by atoms with Crippen molar-refractivity contribution in [2.24, 2.45) is 0 Å². The lowest BCUT2D eigenvalue weighted by Crippen LogP contribution is -1.97. The molecule has 0 saturated heterocycles. The average Bonchev–Trinajstić information content (AvgIpc) is 2.39. The molecule has 0 bridgehead atoms. The summed E-state index contributed by atoms with van der Waals surface area (Å²) in [5, 5.41) is 17.1. The Bertz CT molecular complexity index is 617. The van der Waals surface area contributed by atoms with Crippen LogP contribution < -0.4 is 0 Å². The molecule has 4 heteroatoms. The van der Waals surface area contributed by atoms with Crippen LogP contribution >= 0.6 is 0 Å². The van der Waals surface area contributed by atoms with E-state index < -0.39 is 11.9 Å². The first kappa shape index (κ1) is 15.4. The predicted octanol–water partition coefficient (Wildman–Crippen LogP) is 3.39. The largest absolute Gasteiger partial charge is 0.478 e. The first-order valence-electron chi connectivity index (χ1n) is 6.00. The van der Waals surface area contributed by atoms with Gasteiger partial charge >= 0.3 is 11.9 Å². The van der Waals surface area contributed by atoms with Gasteiger partial charge in [0.1, 0.15) is 0 Å². The Balaban J connectivity index is 0.000000200. The molecule has 0 amide bonds. The molecule has 2 N–H and O–H groups in total. The predicted molar refractivity (Wildman–Crippen MR) is 76.3 cm³/mol. The summed E-state index contributed by atoms with van der Waals surface area (Å²) in [5.41, 5.74) is 2.50. The van der Waals surface area contributed by atoms with Gasteiger partial charge in [0.05, 0.1) is 11.1 Å². The number of rotatable bonds is 2. The van der Waals surface area contributed by atoms with Crippen molar-refractivity contribution in [3.05, 3.63) is 70.8 Å². The van der Waals surface area contributed by atoms with Crippen molar-refractivity contribution in [3.63, 3.8) is 0 Å². The Labute approximate surface area is 117 Å². The first-order chi connectivity index (χ1) is 9.41. The molecule has 0 aliphatic carbocycles. The van der Waals surface area contributed by atoms with Crippen LogP contribution in [0.1, 0.15) is 31.8 Å². The fourth-order valence-corrected chi connectivity index (χ4v) is 1.59. The van der Waals surface area contributed by atoms with E-state index in [1.54, 1.807) is 43.3 Å². The molecule has 2 aromatic rings. The quantitative estimate of drug-likeness (QED) is 0.878. The van der Waals surface area contributed by atoms with Crippen LogP contribution in [0.2, 0.25) is 0 Å². The van der Waals surface area contributed by atoms with Crippen LogP contribution in [-0.4, -0.2) is 22.2 Å². The van der Waals surface area contributed by atoms with Gasteiger partial charge in [0, 0.05) is 0 Å². The summed E-state index contributed by atoms with van der Waals surface area (Å²) >= 11 is 0. The SMILES string of the molecule is Cc1cccc(C(=O)O)c1.Cc1ccccc1C(=O)O. The standard InChI is InChI=1S/2C8H8O2/c1-6-3-2-4-7(5-6)8(9)10;1-6-4-2-3-5-7(6)8(9)10/h2*2-5H,1H3,(H,9,10). The molecule has 0 heterocycles. The van der Waals surface area contributed by atoms with E-state index >= 15 is 0 Å². The maximum Gasteiger partial charge on any atom is 0.335 e. The molecule has 0 spiro atoms. The summed E-state index contributed by atoms with van der Waals surface area (Å²) in [6.07, 6.45) is 0. The van der Waals surface area contributed by atoms with E-state index in [-0.39, 0.29) is 0 Å². The van der Waals surface area contributed by atoms with Crippen molar-refractivity contribution in [1.29, 1.82) is 0 Å². The molecule has 0 aliphatic heterocycles. The van der Waals surface area contributed by atoms with E-state index in [1.807, 2.05) is 19.1 Å². The number of carboxylic acid groups (broad SMARTS) is 2. The second-order valence-corrected chi connectivity index (χ2v) is 4.29. The highest BCUT2D eigenvalue weighted by Crippen LogP contribution is 2.05. The minimum absolute atomic E-state index is 0.347. The van der Waals surface area contributed by atoms with Crippen LogP contribution in [0.5, 0.6) is 0 Å². The van der Waals surface area contributed by atoms with Crippen LogP contribution in [0.15, 0.2) is 48.5 Å². The highest BCUT2D eigenvalue weighted by atomic mass is 16.4. The van der Waals surface area contributed by atoms with E-state index in [4.69, 9.17) is 10.2 Å². The third-order valence-corrected chi connectivity index (χ3v) is 2.64. The lowest BCUT2D eigenvalue weighted by molar-refractivity contribution is 0.0685. The van der Waals surface area contributed by atoms with Gasteiger partial charge in [-0.05, 0) is 37.6 Å². The Hall–Kier alpha value is -2.62. The van der Waals surface area contributed by atoms with E-state index in [2.05, 4.69) is 0 Å². The topological polar surface area (TPSA) is 74.6 Å². The normalized spacial score (nSPS) is 9.30. The molecule has 0 fully saturated rings. The summed E-state index contributed by atoms with van der Waals surface area (Å²) in [6, 6.07) is 13.7. The van der Waals surface area contributed by atoms with Gasteiger partial charge in [0.15, 0.2) is 0 Å². The number of hydrogen-bond acceptors (Lipinski definition) is 2. The smallest absolute Gasteiger partial charge is 0.335 e. The molecule has 0 aliphatic rings. The minimum atomic E-state index is -0.872. The van der Waals surface area contributed by atoms with Gasteiger partial charge in [0.25, 0.3) is 0 Å². The van der Waals surface area contributed by atoms with Gasteiger partial charge < -0.3 is 10.2 Å². The van der Waals surface area contributed by atoms with Gasteiger partial charge in [-0.1, -0.05) is 35.9 Å². The van der Waals surface area contributed by atoms with Crippen molar-refractivity contribution in [2.75, 3.05) is 0 Å². The van der Waals surface area contributed by atoms with Crippen LogP contribution in [-0.2, 0) is 0 Å². The maximum atomic E-state index is 10.4. The molecular weight excluding hydrogens is 256 g/mol. The molecule has 0 atom stereocenters. The third-order valence-electron chi connectivity index (χ3n) is 2.64. The molecule has 0 radical (unpaired) electrons. The Morgan fingerprint density at radius 3 is 1.90 bits per heavy atom. The number of carbonyl (C=O) groups is 2. The van der Waals surface area contributed by atoms with E-state index in [0.29, 0.717) is 11.1 Å². The molecular formula is C16H16O4. The summed E-state index contributed by atoms with van der Waals surface area (Å²) in [4.78, 5) is 20.8. The maximum absolute atomic E-state index is 10.4. The van der Waals surface area contributed by atoms with Crippen molar-refractivity contribution in [1.82, 2.24) is 0 Å². The highest BCUT2D eigenvalue weighted by molar-refractivity contribution is 5.89. The molecule has 20 heavy (non-hydrogen) atoms. The summed E-state index contributed by atoms with van der Waals surface area (Å²) in [7, 11) is 0.